The standard InChI is InChI=1S/C16H20N4O/c1-2-20(9-5-8-17)16(21)14(18)10-12-11-19-15-7-4-3-6-13(12)15/h3-4,6-7,11,14,19H,2,5,9-10,18H2,1H3. The van der Waals surface area contributed by atoms with Crippen LogP contribution in [-0.4, -0.2) is 34.9 Å². The lowest BCUT2D eigenvalue weighted by molar-refractivity contribution is -0.132. The zero-order valence-electron chi connectivity index (χ0n) is 12.2. The summed E-state index contributed by atoms with van der Waals surface area (Å²) in [6, 6.07) is 9.43. The molecule has 1 aromatic heterocycles. The highest BCUT2D eigenvalue weighted by molar-refractivity contribution is 5.86. The number of nitrogens with one attached hydrogen (secondary N) is 1. The van der Waals surface area contributed by atoms with Gasteiger partial charge in [0.2, 0.25) is 5.91 Å². The lowest BCUT2D eigenvalue weighted by Gasteiger charge is -2.23. The third kappa shape index (κ3) is 3.41. The predicted molar refractivity (Wildman–Crippen MR) is 82.5 cm³/mol. The Labute approximate surface area is 124 Å². The highest BCUT2D eigenvalue weighted by Gasteiger charge is 2.21. The molecule has 1 amide bonds. The fraction of sp³-hybridized carbons (Fsp3) is 0.375. The number of H-pyrrole nitrogens is 1. The van der Waals surface area contributed by atoms with Gasteiger partial charge in [-0.2, -0.15) is 5.26 Å². The van der Waals surface area contributed by atoms with E-state index in [1.165, 1.54) is 0 Å². The monoisotopic (exact) mass is 284 g/mol. The minimum Gasteiger partial charge on any atom is -0.361 e. The number of nitrogens with zero attached hydrogens (tertiary/aromatic N) is 2. The van der Waals surface area contributed by atoms with Crippen molar-refractivity contribution >= 4 is 16.8 Å². The molecular formula is C16H20N4O. The quantitative estimate of drug-likeness (QED) is 0.848. The predicted octanol–water partition coefficient (Wildman–Crippen LogP) is 1.80. The molecule has 0 radical (unpaired) electrons. The molecule has 0 bridgehead atoms. The van der Waals surface area contributed by atoms with Gasteiger partial charge in [-0.25, -0.2) is 0 Å². The fourth-order valence-electron chi connectivity index (χ4n) is 2.47. The number of nitriles is 1. The largest absolute Gasteiger partial charge is 0.361 e. The number of fused-ring (bicyclic) bond motifs is 1. The first-order chi connectivity index (χ1) is 10.2. The minimum absolute atomic E-state index is 0.0990. The SMILES string of the molecule is CCN(CCC#N)C(=O)C(N)Cc1c[nH]c2ccccc12. The van der Waals surface area contributed by atoms with Crippen molar-refractivity contribution in [2.24, 2.45) is 5.73 Å². The summed E-state index contributed by atoms with van der Waals surface area (Å²) in [6.45, 7) is 2.91. The number of aromatic amines is 1. The maximum absolute atomic E-state index is 12.3. The first-order valence-corrected chi connectivity index (χ1v) is 7.13. The Morgan fingerprint density at radius 1 is 1.48 bits per heavy atom. The Bertz CT molecular complexity index is 656. The van der Waals surface area contributed by atoms with Crippen LogP contribution in [0.15, 0.2) is 30.5 Å². The van der Waals surface area contributed by atoms with Gasteiger partial charge < -0.3 is 15.6 Å². The van der Waals surface area contributed by atoms with Crippen LogP contribution in [0.3, 0.4) is 0 Å². The average molecular weight is 284 g/mol. The van der Waals surface area contributed by atoms with Crippen molar-refractivity contribution in [1.29, 1.82) is 5.26 Å². The van der Waals surface area contributed by atoms with Crippen molar-refractivity contribution in [3.8, 4) is 6.07 Å². The Morgan fingerprint density at radius 2 is 2.24 bits per heavy atom. The van der Waals surface area contributed by atoms with E-state index in [1.54, 1.807) is 4.90 Å². The van der Waals surface area contributed by atoms with Crippen LogP contribution in [0, 0.1) is 11.3 Å². The van der Waals surface area contributed by atoms with Crippen LogP contribution in [0.5, 0.6) is 0 Å². The number of rotatable bonds is 6. The molecule has 0 aliphatic rings. The summed E-state index contributed by atoms with van der Waals surface area (Å²) in [4.78, 5) is 17.2. The number of amides is 1. The number of carbonyl (C=O) groups is 1. The number of aromatic nitrogens is 1. The van der Waals surface area contributed by atoms with Crippen LogP contribution < -0.4 is 5.73 Å². The molecule has 1 heterocycles. The molecule has 110 valence electrons. The van der Waals surface area contributed by atoms with Crippen molar-refractivity contribution in [2.45, 2.75) is 25.8 Å². The van der Waals surface area contributed by atoms with Crippen molar-refractivity contribution < 1.29 is 4.79 Å². The molecule has 0 aliphatic heterocycles. The summed E-state index contributed by atoms with van der Waals surface area (Å²) < 4.78 is 0. The Morgan fingerprint density at radius 3 is 2.95 bits per heavy atom. The molecule has 21 heavy (non-hydrogen) atoms. The first kappa shape index (κ1) is 15.1. The van der Waals surface area contributed by atoms with Crippen LogP contribution in [0.2, 0.25) is 0 Å². The number of benzene rings is 1. The van der Waals surface area contributed by atoms with Gasteiger partial charge in [-0.15, -0.1) is 0 Å². The second-order valence-electron chi connectivity index (χ2n) is 5.00. The molecular weight excluding hydrogens is 264 g/mol. The van der Waals surface area contributed by atoms with E-state index in [2.05, 4.69) is 11.1 Å². The van der Waals surface area contributed by atoms with Crippen LogP contribution in [0.4, 0.5) is 0 Å². The summed E-state index contributed by atoms with van der Waals surface area (Å²) >= 11 is 0. The van der Waals surface area contributed by atoms with E-state index in [0.717, 1.165) is 16.5 Å². The highest BCUT2D eigenvalue weighted by Crippen LogP contribution is 2.19. The van der Waals surface area contributed by atoms with E-state index >= 15 is 0 Å². The van der Waals surface area contributed by atoms with Crippen molar-refractivity contribution in [3.05, 3.63) is 36.0 Å². The summed E-state index contributed by atoms with van der Waals surface area (Å²) in [5.41, 5.74) is 8.15. The summed E-state index contributed by atoms with van der Waals surface area (Å²) in [7, 11) is 0. The highest BCUT2D eigenvalue weighted by atomic mass is 16.2. The van der Waals surface area contributed by atoms with Gasteiger partial charge in [0.1, 0.15) is 0 Å². The van der Waals surface area contributed by atoms with Crippen LogP contribution in [-0.2, 0) is 11.2 Å². The van der Waals surface area contributed by atoms with Crippen molar-refractivity contribution in [2.75, 3.05) is 13.1 Å². The van der Waals surface area contributed by atoms with Gasteiger partial charge in [0.25, 0.3) is 0 Å². The summed E-state index contributed by atoms with van der Waals surface area (Å²) in [5.74, 6) is -0.0990. The number of para-hydroxylation sites is 1. The molecule has 0 saturated heterocycles. The van der Waals surface area contributed by atoms with Crippen LogP contribution >= 0.6 is 0 Å². The topological polar surface area (TPSA) is 85.9 Å². The molecule has 1 atom stereocenters. The van der Waals surface area contributed by atoms with Gasteiger partial charge in [0.05, 0.1) is 18.5 Å². The van der Waals surface area contributed by atoms with Gasteiger partial charge >= 0.3 is 0 Å². The Kier molecular flexibility index (Phi) is 4.96. The second-order valence-corrected chi connectivity index (χ2v) is 5.00. The van der Waals surface area contributed by atoms with E-state index in [4.69, 9.17) is 11.0 Å². The van der Waals surface area contributed by atoms with E-state index in [-0.39, 0.29) is 5.91 Å². The van der Waals surface area contributed by atoms with Crippen molar-refractivity contribution in [1.82, 2.24) is 9.88 Å². The van der Waals surface area contributed by atoms with Crippen molar-refractivity contribution in [3.63, 3.8) is 0 Å². The number of nitrogens with two attached hydrogens (primary N) is 1. The molecule has 2 rings (SSSR count). The average Bonchev–Trinajstić information content (AvgIpc) is 2.91. The number of hydrogen-bond donors (Lipinski definition) is 2. The van der Waals surface area contributed by atoms with Gasteiger partial charge in [-0.1, -0.05) is 18.2 Å². The maximum atomic E-state index is 12.3. The van der Waals surface area contributed by atoms with Crippen LogP contribution in [0.1, 0.15) is 18.9 Å². The van der Waals surface area contributed by atoms with E-state index in [0.29, 0.717) is 25.9 Å². The van der Waals surface area contributed by atoms with E-state index < -0.39 is 6.04 Å². The first-order valence-electron chi connectivity index (χ1n) is 7.13. The molecule has 0 aliphatic carbocycles. The minimum atomic E-state index is -0.581. The zero-order valence-corrected chi connectivity index (χ0v) is 12.2. The third-order valence-electron chi connectivity index (χ3n) is 3.62. The van der Waals surface area contributed by atoms with E-state index in [9.17, 15) is 4.79 Å². The molecule has 2 aromatic rings. The van der Waals surface area contributed by atoms with Gasteiger partial charge in [-0.3, -0.25) is 4.79 Å². The smallest absolute Gasteiger partial charge is 0.239 e. The Hall–Kier alpha value is -2.32. The molecule has 0 spiro atoms. The molecule has 3 N–H and O–H groups in total. The summed E-state index contributed by atoms with van der Waals surface area (Å²) in [6.07, 6.45) is 2.73. The molecule has 0 fully saturated rings. The normalized spacial score (nSPS) is 12.0. The fourth-order valence-corrected chi connectivity index (χ4v) is 2.47. The molecule has 5 heteroatoms. The third-order valence-corrected chi connectivity index (χ3v) is 3.62. The van der Waals surface area contributed by atoms with Gasteiger partial charge in [0, 0.05) is 30.2 Å². The maximum Gasteiger partial charge on any atom is 0.239 e. The number of carbonyl (C=O) groups excluding carboxylic acids is 1. The lowest BCUT2D eigenvalue weighted by Crippen LogP contribution is -2.45. The number of likely N-dealkylation sites (N-methyl/N-ethyl adjacent to an activating group) is 1. The zero-order chi connectivity index (χ0) is 15.2. The number of hydrogen-bond acceptors (Lipinski definition) is 3. The summed E-state index contributed by atoms with van der Waals surface area (Å²) in [5, 5.41) is 9.73. The second kappa shape index (κ2) is 6.91. The van der Waals surface area contributed by atoms with E-state index in [1.807, 2.05) is 37.4 Å². The molecule has 5 nitrogen and oxygen atoms in total. The Balaban J connectivity index is 2.08. The molecule has 1 aromatic carbocycles. The van der Waals surface area contributed by atoms with Gasteiger partial charge in [-0.05, 0) is 25.0 Å². The van der Waals surface area contributed by atoms with Gasteiger partial charge in [0.15, 0.2) is 0 Å². The van der Waals surface area contributed by atoms with Crippen LogP contribution in [0.25, 0.3) is 10.9 Å². The molecule has 0 saturated carbocycles. The molecule has 1 unspecified atom stereocenters. The lowest BCUT2D eigenvalue weighted by atomic mass is 10.0.